The Balaban J connectivity index is 2.30. The van der Waals surface area contributed by atoms with Crippen LogP contribution in [0.2, 0.25) is 0 Å². The normalized spacial score (nSPS) is 11.7. The van der Waals surface area contributed by atoms with Crippen LogP contribution in [-0.2, 0) is 0 Å². The zero-order chi connectivity index (χ0) is 17.4. The summed E-state index contributed by atoms with van der Waals surface area (Å²) in [6.45, 7) is 7.32. The second kappa shape index (κ2) is 7.47. The molecule has 23 heavy (non-hydrogen) atoms. The Labute approximate surface area is 152 Å². The number of aromatic nitrogens is 2. The molecule has 0 amide bonds. The van der Waals surface area contributed by atoms with Gasteiger partial charge in [-0.05, 0) is 0 Å². The van der Waals surface area contributed by atoms with Crippen molar-refractivity contribution >= 4 is 49.1 Å². The number of rotatable bonds is 4. The number of aryl methyl sites for hydroxylation is 4. The fourth-order valence-electron chi connectivity index (χ4n) is 2.12. The fourth-order valence-corrected chi connectivity index (χ4v) is 21.2. The molecule has 0 saturated carbocycles. The molecule has 0 atom stereocenters. The Hall–Kier alpha value is -0.0213. The van der Waals surface area contributed by atoms with E-state index in [-0.39, 0.29) is 0 Å². The summed E-state index contributed by atoms with van der Waals surface area (Å²) in [6, 6.07) is 7.15. The second-order valence-electron chi connectivity index (χ2n) is 5.28. The van der Waals surface area contributed by atoms with Crippen molar-refractivity contribution in [2.45, 2.75) is 37.7 Å². The van der Waals surface area contributed by atoms with Gasteiger partial charge in [-0.25, -0.2) is 0 Å². The molecule has 0 aliphatic heterocycles. The van der Waals surface area contributed by atoms with Crippen molar-refractivity contribution in [1.82, 2.24) is 0 Å². The van der Waals surface area contributed by atoms with Gasteiger partial charge in [-0.15, -0.1) is 0 Å². The van der Waals surface area contributed by atoms with Crippen LogP contribution in [0.25, 0.3) is 0 Å². The van der Waals surface area contributed by atoms with Gasteiger partial charge in [-0.2, -0.15) is 0 Å². The molecule has 4 nitrogen and oxygen atoms in total. The Morgan fingerprint density at radius 3 is 1.48 bits per heavy atom. The molecular formula is C14H16Cl2N2O2S2Sn. The van der Waals surface area contributed by atoms with Crippen LogP contribution in [0.15, 0.2) is 34.3 Å². The van der Waals surface area contributed by atoms with E-state index in [4.69, 9.17) is 17.8 Å². The number of hydrogen-bond donors (Lipinski definition) is 0. The molecule has 2 rings (SSSR count). The summed E-state index contributed by atoms with van der Waals surface area (Å²) in [5, 5.41) is 25.3. The first-order valence-electron chi connectivity index (χ1n) is 6.76. The molecule has 2 aromatic rings. The van der Waals surface area contributed by atoms with Crippen molar-refractivity contribution in [2.24, 2.45) is 0 Å². The van der Waals surface area contributed by atoms with Gasteiger partial charge in [0.05, 0.1) is 0 Å². The van der Waals surface area contributed by atoms with Crippen LogP contribution in [0, 0.1) is 38.1 Å². The summed E-state index contributed by atoms with van der Waals surface area (Å²) in [7, 11) is 15.5. The fraction of sp³-hybridized carbons (Fsp3) is 0.286. The van der Waals surface area contributed by atoms with Gasteiger partial charge in [0.25, 0.3) is 0 Å². The van der Waals surface area contributed by atoms with Crippen LogP contribution in [0.1, 0.15) is 22.5 Å². The molecule has 0 aromatic carbocycles. The summed E-state index contributed by atoms with van der Waals surface area (Å²) in [6.07, 6.45) is 0. The van der Waals surface area contributed by atoms with E-state index in [0.717, 1.165) is 20.6 Å². The summed E-state index contributed by atoms with van der Waals surface area (Å²) < 4.78 is 1.67. The topological polar surface area (TPSA) is 53.9 Å². The molecule has 0 aliphatic rings. The third-order valence-electron chi connectivity index (χ3n) is 3.06. The molecule has 0 saturated heterocycles. The summed E-state index contributed by atoms with van der Waals surface area (Å²) in [5.41, 5.74) is 3.14. The van der Waals surface area contributed by atoms with E-state index in [1.807, 2.05) is 13.8 Å². The molecule has 0 spiro atoms. The van der Waals surface area contributed by atoms with Crippen molar-refractivity contribution in [1.29, 1.82) is 0 Å². The summed E-state index contributed by atoms with van der Waals surface area (Å²) in [4.78, 5) is 0. The minimum atomic E-state index is -3.82. The molecule has 124 valence electrons. The molecule has 0 aliphatic carbocycles. The van der Waals surface area contributed by atoms with Gasteiger partial charge in [0.2, 0.25) is 0 Å². The Bertz CT molecular complexity index is 699. The standard InChI is InChI=1S/2C7H9NOS.2ClH.Sn/c2*1-5-3-6(2)8(9)7(10)4-5;;;/h2*3-4,10H,1-2H3;2*1H;/q;;;;+4/p-4. The Morgan fingerprint density at radius 2 is 1.13 bits per heavy atom. The average molecular weight is 498 g/mol. The maximum absolute atomic E-state index is 12.2. The zero-order valence-electron chi connectivity index (χ0n) is 13.1. The zero-order valence-corrected chi connectivity index (χ0v) is 19.1. The molecule has 0 bridgehead atoms. The van der Waals surface area contributed by atoms with Crippen molar-refractivity contribution in [2.75, 3.05) is 0 Å². The van der Waals surface area contributed by atoms with E-state index < -0.39 is 13.4 Å². The summed E-state index contributed by atoms with van der Waals surface area (Å²) >= 11 is -3.82. The first-order valence-corrected chi connectivity index (χ1v) is 22.6. The molecule has 0 fully saturated rings. The van der Waals surface area contributed by atoms with Gasteiger partial charge in [-0.3, -0.25) is 0 Å². The monoisotopic (exact) mass is 498 g/mol. The third kappa shape index (κ3) is 4.98. The third-order valence-corrected chi connectivity index (χ3v) is 21.7. The van der Waals surface area contributed by atoms with E-state index in [0.29, 0.717) is 21.4 Å². The van der Waals surface area contributed by atoms with Gasteiger partial charge in [0.1, 0.15) is 0 Å². The van der Waals surface area contributed by atoms with Crippen molar-refractivity contribution in [3.05, 3.63) is 57.2 Å². The number of nitrogens with zero attached hydrogens (tertiary/aromatic N) is 2. The molecular weight excluding hydrogens is 482 g/mol. The number of pyridine rings is 2. The van der Waals surface area contributed by atoms with E-state index in [1.165, 1.54) is 17.9 Å². The first kappa shape index (κ1) is 19.3. The van der Waals surface area contributed by atoms with Crippen LogP contribution < -0.4 is 9.46 Å². The Morgan fingerprint density at radius 1 is 0.783 bits per heavy atom. The average Bonchev–Trinajstić information content (AvgIpc) is 2.40. The van der Waals surface area contributed by atoms with Crippen molar-refractivity contribution < 1.29 is 9.46 Å². The van der Waals surface area contributed by atoms with Crippen LogP contribution >= 0.6 is 35.7 Å². The van der Waals surface area contributed by atoms with E-state index in [9.17, 15) is 10.4 Å². The van der Waals surface area contributed by atoms with Gasteiger partial charge in [0, 0.05) is 0 Å². The number of halogens is 2. The maximum atomic E-state index is 12.2. The Kier molecular flexibility index (Phi) is 6.27. The quantitative estimate of drug-likeness (QED) is 0.364. The molecule has 0 unspecified atom stereocenters. The van der Waals surface area contributed by atoms with Crippen LogP contribution in [0.4, 0.5) is 0 Å². The molecule has 9 heteroatoms. The molecule has 2 heterocycles. The second-order valence-corrected chi connectivity index (χ2v) is 37.5. The molecule has 2 aromatic heterocycles. The van der Waals surface area contributed by atoms with Gasteiger partial charge >= 0.3 is 153 Å². The predicted octanol–water partition coefficient (Wildman–Crippen LogP) is 3.98. The SMILES string of the molecule is Cc1cc(C)[n+]([O-])c([S][Sn]([Cl])([Cl])[S]c2cc(C)cc(C)[n+]2[O-])c1. The number of hydrogen-bond acceptors (Lipinski definition) is 4. The van der Waals surface area contributed by atoms with Gasteiger partial charge < -0.3 is 0 Å². The van der Waals surface area contributed by atoms with Crippen molar-refractivity contribution in [3.63, 3.8) is 0 Å². The van der Waals surface area contributed by atoms with E-state index >= 15 is 0 Å². The molecule has 0 N–H and O–H groups in total. The minimum absolute atomic E-state index is 0.484. The van der Waals surface area contributed by atoms with E-state index in [1.54, 1.807) is 38.1 Å². The predicted molar refractivity (Wildman–Crippen MR) is 98.9 cm³/mol. The van der Waals surface area contributed by atoms with Gasteiger partial charge in [0.15, 0.2) is 0 Å². The first-order chi connectivity index (χ1) is 10.6. The van der Waals surface area contributed by atoms with E-state index in [2.05, 4.69) is 0 Å². The van der Waals surface area contributed by atoms with Crippen LogP contribution in [0.3, 0.4) is 0 Å². The van der Waals surface area contributed by atoms with Crippen LogP contribution in [0.5, 0.6) is 0 Å². The van der Waals surface area contributed by atoms with Crippen molar-refractivity contribution in [3.8, 4) is 0 Å². The van der Waals surface area contributed by atoms with Gasteiger partial charge in [-0.1, -0.05) is 0 Å². The van der Waals surface area contributed by atoms with Crippen LogP contribution in [-0.4, -0.2) is 13.4 Å². The molecule has 0 radical (unpaired) electrons. The summed E-state index contributed by atoms with van der Waals surface area (Å²) in [5.74, 6) is 0.